The average Bonchev–Trinajstić information content (AvgIpc) is 3.14. The summed E-state index contributed by atoms with van der Waals surface area (Å²) >= 11 is 6.41. The topological polar surface area (TPSA) is 77.9 Å². The molecule has 1 heterocycles. The number of benzene rings is 1. The van der Waals surface area contributed by atoms with Gasteiger partial charge in [0.2, 0.25) is 0 Å². The maximum Gasteiger partial charge on any atom is 0.416 e. The van der Waals surface area contributed by atoms with Crippen molar-refractivity contribution in [3.63, 3.8) is 0 Å². The highest BCUT2D eigenvalue weighted by Gasteiger charge is 2.30. The lowest BCUT2D eigenvalue weighted by molar-refractivity contribution is -0.137. The molecule has 0 atom stereocenters. The number of halogens is 4. The molecule has 0 spiro atoms. The molecule has 1 aromatic heterocycles. The molecule has 0 aliphatic heterocycles. The van der Waals surface area contributed by atoms with Crippen LogP contribution in [-0.2, 0) is 6.18 Å². The van der Waals surface area contributed by atoms with Crippen molar-refractivity contribution >= 4 is 34.7 Å². The Kier molecular flexibility index (Phi) is 6.12. The van der Waals surface area contributed by atoms with Crippen LogP contribution in [0.3, 0.4) is 0 Å². The highest BCUT2D eigenvalue weighted by atomic mass is 35.5. The molecule has 3 N–H and O–H groups in total. The Morgan fingerprint density at radius 2 is 1.83 bits per heavy atom. The number of aromatic nitrogens is 1. The molecule has 1 aliphatic carbocycles. The van der Waals surface area contributed by atoms with E-state index in [-0.39, 0.29) is 28.0 Å². The molecule has 154 valence electrons. The highest BCUT2D eigenvalue weighted by molar-refractivity contribution is 6.38. The van der Waals surface area contributed by atoms with Crippen LogP contribution in [0.2, 0.25) is 5.02 Å². The first-order valence-electron chi connectivity index (χ1n) is 9.16. The zero-order chi connectivity index (χ0) is 21.2. The summed E-state index contributed by atoms with van der Waals surface area (Å²) in [6.07, 6.45) is 1.12. The minimum absolute atomic E-state index is 0.0464. The van der Waals surface area contributed by atoms with Gasteiger partial charge in [-0.15, -0.1) is 0 Å². The number of nitrogens with one attached hydrogen (secondary N) is 3. The summed E-state index contributed by atoms with van der Waals surface area (Å²) in [5.41, 5.74) is -0.0597. The van der Waals surface area contributed by atoms with Crippen molar-refractivity contribution in [1.29, 1.82) is 5.41 Å². The average molecular weight is 425 g/mol. The summed E-state index contributed by atoms with van der Waals surface area (Å²) in [4.78, 5) is 16.9. The number of alkyl halides is 3. The van der Waals surface area contributed by atoms with E-state index in [0.717, 1.165) is 37.8 Å². The fourth-order valence-corrected chi connectivity index (χ4v) is 3.67. The summed E-state index contributed by atoms with van der Waals surface area (Å²) < 4.78 is 38.0. The van der Waals surface area contributed by atoms with E-state index >= 15 is 0 Å². The Morgan fingerprint density at radius 1 is 1.21 bits per heavy atom. The number of hydrogen-bond acceptors (Lipinski definition) is 4. The molecule has 0 unspecified atom stereocenters. The minimum atomic E-state index is -4.45. The first-order chi connectivity index (χ1) is 13.7. The van der Waals surface area contributed by atoms with E-state index < -0.39 is 17.6 Å². The molecule has 1 fully saturated rings. The van der Waals surface area contributed by atoms with Crippen molar-refractivity contribution in [3.8, 4) is 0 Å². The normalized spacial score (nSPS) is 14.7. The molecular weight excluding hydrogens is 405 g/mol. The predicted molar refractivity (Wildman–Crippen MR) is 107 cm³/mol. The number of hydrogen-bond donors (Lipinski definition) is 3. The van der Waals surface area contributed by atoms with Crippen molar-refractivity contribution in [1.82, 2.24) is 4.98 Å². The summed E-state index contributed by atoms with van der Waals surface area (Å²) in [5, 5.41) is 13.9. The van der Waals surface area contributed by atoms with Gasteiger partial charge in [0.1, 0.15) is 5.82 Å². The van der Waals surface area contributed by atoms with Crippen LogP contribution in [0.4, 0.5) is 24.7 Å². The monoisotopic (exact) mass is 424 g/mol. The summed E-state index contributed by atoms with van der Waals surface area (Å²) in [7, 11) is 0. The number of pyridine rings is 1. The number of anilines is 2. The van der Waals surface area contributed by atoms with E-state index in [0.29, 0.717) is 11.4 Å². The van der Waals surface area contributed by atoms with E-state index in [1.165, 1.54) is 18.3 Å². The largest absolute Gasteiger partial charge is 0.416 e. The van der Waals surface area contributed by atoms with Crippen LogP contribution in [0, 0.1) is 5.41 Å². The Morgan fingerprint density at radius 3 is 2.38 bits per heavy atom. The van der Waals surface area contributed by atoms with E-state index in [2.05, 4.69) is 15.6 Å². The predicted octanol–water partition coefficient (Wildman–Crippen LogP) is 5.75. The molecule has 0 radical (unpaired) electrons. The first-order valence-corrected chi connectivity index (χ1v) is 9.54. The Bertz CT molecular complexity index is 923. The lowest BCUT2D eigenvalue weighted by atomic mass is 10.1. The molecule has 0 bridgehead atoms. The number of nitrogens with zero attached hydrogens (tertiary/aromatic N) is 1. The van der Waals surface area contributed by atoms with Crippen LogP contribution in [0.25, 0.3) is 0 Å². The van der Waals surface area contributed by atoms with E-state index in [9.17, 15) is 18.0 Å². The Hall–Kier alpha value is -2.61. The van der Waals surface area contributed by atoms with Crippen molar-refractivity contribution in [2.24, 2.45) is 0 Å². The SMILES string of the molecule is CC(=N)c1c(NC2CCCC2)ncc(C(=O)Nc2ccc(C(F)(F)F)cc2)c1Cl. The number of carbonyl (C=O) groups excluding carboxylic acids is 1. The summed E-state index contributed by atoms with van der Waals surface area (Å²) in [6, 6.07) is 4.36. The second-order valence-electron chi connectivity index (χ2n) is 6.99. The summed E-state index contributed by atoms with van der Waals surface area (Å²) in [6.45, 7) is 1.56. The van der Waals surface area contributed by atoms with Crippen LogP contribution in [-0.4, -0.2) is 22.6 Å². The van der Waals surface area contributed by atoms with Gasteiger partial charge in [0, 0.05) is 23.6 Å². The van der Waals surface area contributed by atoms with Crippen LogP contribution >= 0.6 is 11.6 Å². The van der Waals surface area contributed by atoms with Gasteiger partial charge in [-0.05, 0) is 44.0 Å². The number of amides is 1. The zero-order valence-electron chi connectivity index (χ0n) is 15.7. The van der Waals surface area contributed by atoms with Gasteiger partial charge in [0.15, 0.2) is 0 Å². The molecule has 29 heavy (non-hydrogen) atoms. The molecule has 3 rings (SSSR count). The Labute approximate surface area is 171 Å². The van der Waals surface area contributed by atoms with Gasteiger partial charge < -0.3 is 16.0 Å². The van der Waals surface area contributed by atoms with Gasteiger partial charge in [-0.25, -0.2) is 4.98 Å². The maximum absolute atomic E-state index is 12.7. The van der Waals surface area contributed by atoms with Gasteiger partial charge in [0.25, 0.3) is 5.91 Å². The van der Waals surface area contributed by atoms with Crippen LogP contribution in [0.1, 0.15) is 54.1 Å². The van der Waals surface area contributed by atoms with Gasteiger partial charge in [-0.1, -0.05) is 24.4 Å². The van der Waals surface area contributed by atoms with Gasteiger partial charge >= 0.3 is 6.18 Å². The number of rotatable bonds is 5. The Balaban J connectivity index is 1.83. The third kappa shape index (κ3) is 4.87. The molecule has 9 heteroatoms. The third-order valence-corrected chi connectivity index (χ3v) is 5.19. The van der Waals surface area contributed by atoms with Crippen molar-refractivity contribution in [2.75, 3.05) is 10.6 Å². The quantitative estimate of drug-likeness (QED) is 0.535. The van der Waals surface area contributed by atoms with E-state index in [1.807, 2.05) is 0 Å². The molecule has 0 saturated heterocycles. The third-order valence-electron chi connectivity index (χ3n) is 4.80. The van der Waals surface area contributed by atoms with E-state index in [4.69, 9.17) is 17.0 Å². The molecule has 1 aromatic carbocycles. The standard InChI is InChI=1S/C20H20ClF3N4O/c1-11(25)16-17(21)15(10-26-18(16)27-13-4-2-3-5-13)19(29)28-14-8-6-12(7-9-14)20(22,23)24/h6-10,13,25H,2-5H2,1H3,(H,26,27)(H,28,29). The fourth-order valence-electron chi connectivity index (χ4n) is 3.30. The first kappa shape index (κ1) is 21.1. The molecular formula is C20H20ClF3N4O. The van der Waals surface area contributed by atoms with E-state index in [1.54, 1.807) is 6.92 Å². The van der Waals surface area contributed by atoms with Gasteiger partial charge in [-0.3, -0.25) is 4.79 Å². The van der Waals surface area contributed by atoms with Crippen LogP contribution in [0.15, 0.2) is 30.5 Å². The van der Waals surface area contributed by atoms with Crippen molar-refractivity contribution in [3.05, 3.63) is 52.2 Å². The zero-order valence-corrected chi connectivity index (χ0v) is 16.4. The van der Waals surface area contributed by atoms with Crippen LogP contribution < -0.4 is 10.6 Å². The highest BCUT2D eigenvalue weighted by Crippen LogP contribution is 2.32. The lowest BCUT2D eigenvalue weighted by Crippen LogP contribution is -2.20. The van der Waals surface area contributed by atoms with Crippen LogP contribution in [0.5, 0.6) is 0 Å². The van der Waals surface area contributed by atoms with Gasteiger partial charge in [-0.2, -0.15) is 13.2 Å². The lowest BCUT2D eigenvalue weighted by Gasteiger charge is -2.18. The molecule has 1 amide bonds. The molecule has 1 saturated carbocycles. The smallest absolute Gasteiger partial charge is 0.367 e. The van der Waals surface area contributed by atoms with Crippen molar-refractivity contribution < 1.29 is 18.0 Å². The van der Waals surface area contributed by atoms with Crippen molar-refractivity contribution in [2.45, 2.75) is 44.8 Å². The summed E-state index contributed by atoms with van der Waals surface area (Å²) in [5.74, 6) is -0.155. The second-order valence-corrected chi connectivity index (χ2v) is 7.37. The fraction of sp³-hybridized carbons (Fsp3) is 0.350. The van der Waals surface area contributed by atoms with Gasteiger partial charge in [0.05, 0.1) is 21.7 Å². The maximum atomic E-state index is 12.7. The number of carbonyl (C=O) groups is 1. The molecule has 2 aromatic rings. The molecule has 5 nitrogen and oxygen atoms in total. The minimum Gasteiger partial charge on any atom is -0.367 e. The molecule has 1 aliphatic rings. The second kappa shape index (κ2) is 8.41.